The van der Waals surface area contributed by atoms with Crippen molar-refractivity contribution in [1.29, 1.82) is 10.5 Å². The second kappa shape index (κ2) is 2.76. The Bertz CT molecular complexity index is 323. The van der Waals surface area contributed by atoms with Crippen LogP contribution in [0.5, 0.6) is 0 Å². The zero-order chi connectivity index (χ0) is 8.27. The molecule has 4 nitrogen and oxygen atoms in total. The summed E-state index contributed by atoms with van der Waals surface area (Å²) in [6.45, 7) is 1.64. The molecular weight excluding hydrogens is 140 g/mol. The zero-order valence-electron chi connectivity index (χ0n) is 5.87. The Labute approximate surface area is 63.8 Å². The van der Waals surface area contributed by atoms with Gasteiger partial charge in [0.25, 0.3) is 0 Å². The van der Waals surface area contributed by atoms with Crippen molar-refractivity contribution < 1.29 is 0 Å². The summed E-state index contributed by atoms with van der Waals surface area (Å²) in [6, 6.07) is 5.03. The molecule has 1 aromatic rings. The molecule has 0 N–H and O–H groups in total. The first-order chi connectivity index (χ1) is 5.26. The number of rotatable bonds is 0. The van der Waals surface area contributed by atoms with Crippen LogP contribution in [0.4, 0.5) is 0 Å². The summed E-state index contributed by atoms with van der Waals surface area (Å²) >= 11 is 0. The molecule has 11 heavy (non-hydrogen) atoms. The van der Waals surface area contributed by atoms with Crippen molar-refractivity contribution in [3.8, 4) is 12.1 Å². The molecule has 0 spiro atoms. The monoisotopic (exact) mass is 144 g/mol. The van der Waals surface area contributed by atoms with Crippen LogP contribution in [0.1, 0.15) is 17.2 Å². The van der Waals surface area contributed by atoms with Gasteiger partial charge in [-0.1, -0.05) is 0 Å². The Morgan fingerprint density at radius 1 is 1.18 bits per heavy atom. The first-order valence-corrected chi connectivity index (χ1v) is 2.92. The molecule has 0 unspecified atom stereocenters. The molecule has 0 fully saturated rings. The lowest BCUT2D eigenvalue weighted by Gasteiger charge is -1.91. The lowest BCUT2D eigenvalue weighted by atomic mass is 10.3. The summed E-state index contributed by atoms with van der Waals surface area (Å²) in [7, 11) is 0. The smallest absolute Gasteiger partial charge is 0.145 e. The molecule has 0 aromatic carbocycles. The van der Waals surface area contributed by atoms with Crippen LogP contribution < -0.4 is 0 Å². The Hall–Kier alpha value is -1.94. The molecule has 0 aliphatic heterocycles. The summed E-state index contributed by atoms with van der Waals surface area (Å²) in [5, 5.41) is 16.9. The predicted molar refractivity (Wildman–Crippen MR) is 36.2 cm³/mol. The van der Waals surface area contributed by atoms with Crippen molar-refractivity contribution in [3.63, 3.8) is 0 Å². The van der Waals surface area contributed by atoms with Gasteiger partial charge in [0.2, 0.25) is 0 Å². The van der Waals surface area contributed by atoms with E-state index in [0.29, 0.717) is 5.82 Å². The maximum atomic E-state index is 8.43. The first-order valence-electron chi connectivity index (χ1n) is 2.92. The molecule has 0 aliphatic carbocycles. The summed E-state index contributed by atoms with van der Waals surface area (Å²) in [5.41, 5.74) is 0.461. The van der Waals surface area contributed by atoms with Crippen LogP contribution in [0.3, 0.4) is 0 Å². The highest BCUT2D eigenvalue weighted by atomic mass is 14.9. The standard InChI is InChI=1S/C7H4N4/c1-5-10-6(3-8)2-7(4-9)11-5/h2H,1H3. The second-order valence-corrected chi connectivity index (χ2v) is 1.91. The van der Waals surface area contributed by atoms with E-state index in [4.69, 9.17) is 10.5 Å². The number of aryl methyl sites for hydroxylation is 1. The topological polar surface area (TPSA) is 73.4 Å². The highest BCUT2D eigenvalue weighted by molar-refractivity contribution is 5.29. The molecule has 0 bridgehead atoms. The number of aromatic nitrogens is 2. The highest BCUT2D eigenvalue weighted by Gasteiger charge is 1.98. The molecule has 4 heteroatoms. The third-order valence-corrected chi connectivity index (χ3v) is 1.07. The Kier molecular flexibility index (Phi) is 1.80. The van der Waals surface area contributed by atoms with E-state index in [1.54, 1.807) is 6.92 Å². The van der Waals surface area contributed by atoms with Crippen molar-refractivity contribution in [1.82, 2.24) is 9.97 Å². The molecule has 1 heterocycles. The van der Waals surface area contributed by atoms with Gasteiger partial charge in [-0.25, -0.2) is 9.97 Å². The molecule has 1 aromatic heterocycles. The Morgan fingerprint density at radius 3 is 2.00 bits per heavy atom. The number of nitriles is 2. The zero-order valence-corrected chi connectivity index (χ0v) is 5.87. The van der Waals surface area contributed by atoms with Gasteiger partial charge in [-0.15, -0.1) is 0 Å². The summed E-state index contributed by atoms with van der Waals surface area (Å²) < 4.78 is 0. The van der Waals surface area contributed by atoms with E-state index >= 15 is 0 Å². The van der Waals surface area contributed by atoms with Crippen LogP contribution >= 0.6 is 0 Å². The third-order valence-electron chi connectivity index (χ3n) is 1.07. The summed E-state index contributed by atoms with van der Waals surface area (Å²) in [5.74, 6) is 0.445. The predicted octanol–water partition coefficient (Wildman–Crippen LogP) is 0.528. The number of nitrogens with zero attached hydrogens (tertiary/aromatic N) is 4. The molecule has 52 valence electrons. The summed E-state index contributed by atoms with van der Waals surface area (Å²) in [4.78, 5) is 7.55. The number of hydrogen-bond acceptors (Lipinski definition) is 4. The van der Waals surface area contributed by atoms with Crippen molar-refractivity contribution in [2.75, 3.05) is 0 Å². The lowest BCUT2D eigenvalue weighted by molar-refractivity contribution is 1.02. The van der Waals surface area contributed by atoms with E-state index < -0.39 is 0 Å². The van der Waals surface area contributed by atoms with Gasteiger partial charge >= 0.3 is 0 Å². The minimum atomic E-state index is 0.231. The normalized spacial score (nSPS) is 8.27. The molecular formula is C7H4N4. The van der Waals surface area contributed by atoms with Crippen LogP contribution in [0.15, 0.2) is 6.07 Å². The largest absolute Gasteiger partial charge is 0.222 e. The van der Waals surface area contributed by atoms with E-state index in [0.717, 1.165) is 0 Å². The third kappa shape index (κ3) is 1.50. The fraction of sp³-hybridized carbons (Fsp3) is 0.143. The van der Waals surface area contributed by atoms with Crippen LogP contribution in [0, 0.1) is 29.6 Å². The van der Waals surface area contributed by atoms with Crippen LogP contribution in [-0.4, -0.2) is 9.97 Å². The minimum Gasteiger partial charge on any atom is -0.222 e. The van der Waals surface area contributed by atoms with E-state index in [1.807, 2.05) is 12.1 Å². The molecule has 1 rings (SSSR count). The van der Waals surface area contributed by atoms with Crippen molar-refractivity contribution >= 4 is 0 Å². The molecule has 0 atom stereocenters. The van der Waals surface area contributed by atoms with Gasteiger partial charge in [-0.3, -0.25) is 0 Å². The minimum absolute atomic E-state index is 0.231. The first kappa shape index (κ1) is 7.17. The maximum Gasteiger partial charge on any atom is 0.145 e. The summed E-state index contributed by atoms with van der Waals surface area (Å²) in [6.07, 6.45) is 0. The van der Waals surface area contributed by atoms with E-state index in [9.17, 15) is 0 Å². The van der Waals surface area contributed by atoms with Crippen LogP contribution in [0.25, 0.3) is 0 Å². The average molecular weight is 144 g/mol. The van der Waals surface area contributed by atoms with Crippen molar-refractivity contribution in [3.05, 3.63) is 23.3 Å². The maximum absolute atomic E-state index is 8.43. The van der Waals surface area contributed by atoms with E-state index in [-0.39, 0.29) is 11.4 Å². The second-order valence-electron chi connectivity index (χ2n) is 1.91. The van der Waals surface area contributed by atoms with E-state index in [2.05, 4.69) is 9.97 Å². The molecule has 0 saturated carbocycles. The van der Waals surface area contributed by atoms with Gasteiger partial charge < -0.3 is 0 Å². The van der Waals surface area contributed by atoms with Gasteiger partial charge in [0.05, 0.1) is 0 Å². The Morgan fingerprint density at radius 2 is 1.64 bits per heavy atom. The van der Waals surface area contributed by atoms with Gasteiger partial charge in [-0.05, 0) is 6.92 Å². The molecule has 0 aliphatic rings. The quantitative estimate of drug-likeness (QED) is 0.532. The fourth-order valence-corrected chi connectivity index (χ4v) is 0.682. The van der Waals surface area contributed by atoms with Crippen LogP contribution in [0.2, 0.25) is 0 Å². The van der Waals surface area contributed by atoms with E-state index in [1.165, 1.54) is 6.07 Å². The fourth-order valence-electron chi connectivity index (χ4n) is 0.682. The SMILES string of the molecule is Cc1nc(C#N)cc(C#N)n1. The van der Waals surface area contributed by atoms with Gasteiger partial charge in [0, 0.05) is 6.07 Å². The van der Waals surface area contributed by atoms with Gasteiger partial charge in [0.15, 0.2) is 0 Å². The van der Waals surface area contributed by atoms with Crippen molar-refractivity contribution in [2.45, 2.75) is 6.92 Å². The Balaban J connectivity index is 3.28. The van der Waals surface area contributed by atoms with Crippen molar-refractivity contribution in [2.24, 2.45) is 0 Å². The number of hydrogen-bond donors (Lipinski definition) is 0. The molecule has 0 amide bonds. The molecule has 0 radical (unpaired) electrons. The average Bonchev–Trinajstić information content (AvgIpc) is 2.03. The van der Waals surface area contributed by atoms with Crippen LogP contribution in [-0.2, 0) is 0 Å². The lowest BCUT2D eigenvalue weighted by Crippen LogP contribution is -1.93. The molecule has 0 saturated heterocycles. The van der Waals surface area contributed by atoms with Gasteiger partial charge in [-0.2, -0.15) is 10.5 Å². The highest BCUT2D eigenvalue weighted by Crippen LogP contribution is 1.97. The van der Waals surface area contributed by atoms with Gasteiger partial charge in [0.1, 0.15) is 29.4 Å².